The number of fused-ring (bicyclic) bond motifs is 2. The van der Waals surface area contributed by atoms with Crippen molar-refractivity contribution in [2.45, 2.75) is 31.3 Å². The Morgan fingerprint density at radius 1 is 1.14 bits per heavy atom. The second-order valence-electron chi connectivity index (χ2n) is 6.36. The van der Waals surface area contributed by atoms with E-state index < -0.39 is 0 Å². The Hall–Kier alpha value is -2.06. The van der Waals surface area contributed by atoms with E-state index in [1.165, 1.54) is 12.8 Å². The van der Waals surface area contributed by atoms with E-state index in [2.05, 4.69) is 41.8 Å². The van der Waals surface area contributed by atoms with E-state index in [0.717, 1.165) is 22.8 Å². The van der Waals surface area contributed by atoms with Gasteiger partial charge in [0.05, 0.1) is 0 Å². The zero-order valence-electron chi connectivity index (χ0n) is 12.6. The number of allylic oxidation sites excluding steroid dienone is 1. The van der Waals surface area contributed by atoms with Crippen LogP contribution in [0.25, 0.3) is 16.8 Å². The number of nitrogens with one attached hydrogen (secondary N) is 1. The summed E-state index contributed by atoms with van der Waals surface area (Å²) in [7, 11) is 0. The van der Waals surface area contributed by atoms with Crippen LogP contribution < -0.4 is 5.32 Å². The van der Waals surface area contributed by atoms with E-state index in [1.807, 2.05) is 18.2 Å². The van der Waals surface area contributed by atoms with E-state index in [4.69, 9.17) is 0 Å². The van der Waals surface area contributed by atoms with Gasteiger partial charge in [0.25, 0.3) is 0 Å². The minimum Gasteiger partial charge on any atom is -0.507 e. The second kappa shape index (κ2) is 5.62. The molecule has 112 valence electrons. The summed E-state index contributed by atoms with van der Waals surface area (Å²) in [6.45, 7) is 0. The molecule has 0 amide bonds. The lowest BCUT2D eigenvalue weighted by molar-refractivity contribution is 0.470. The van der Waals surface area contributed by atoms with Crippen LogP contribution in [0.2, 0.25) is 0 Å². The van der Waals surface area contributed by atoms with Gasteiger partial charge in [-0.15, -0.1) is 0 Å². The van der Waals surface area contributed by atoms with Gasteiger partial charge in [-0.1, -0.05) is 54.6 Å². The summed E-state index contributed by atoms with van der Waals surface area (Å²) >= 11 is 0. The fourth-order valence-corrected chi connectivity index (χ4v) is 3.79. The van der Waals surface area contributed by atoms with Crippen molar-refractivity contribution in [2.24, 2.45) is 5.92 Å². The van der Waals surface area contributed by atoms with Crippen LogP contribution in [0.3, 0.4) is 0 Å². The Labute approximate surface area is 131 Å². The van der Waals surface area contributed by atoms with Gasteiger partial charge in [-0.25, -0.2) is 0 Å². The number of phenolic OH excluding ortho intramolecular Hbond substituents is 1. The minimum atomic E-state index is 0.352. The molecule has 1 aliphatic heterocycles. The highest BCUT2D eigenvalue weighted by atomic mass is 16.3. The predicted octanol–water partition coefficient (Wildman–Crippen LogP) is 4.26. The average molecular weight is 291 g/mol. The third kappa shape index (κ3) is 2.44. The molecule has 0 spiro atoms. The van der Waals surface area contributed by atoms with Crippen LogP contribution in [-0.2, 0) is 0 Å². The molecule has 2 aromatic rings. The smallest absolute Gasteiger partial charge is 0.123 e. The first kappa shape index (κ1) is 13.6. The molecule has 1 aliphatic carbocycles. The molecule has 0 aromatic heterocycles. The van der Waals surface area contributed by atoms with Gasteiger partial charge in [-0.05, 0) is 42.0 Å². The zero-order chi connectivity index (χ0) is 14.9. The number of benzene rings is 2. The van der Waals surface area contributed by atoms with Crippen molar-refractivity contribution in [1.29, 1.82) is 0 Å². The van der Waals surface area contributed by atoms with Gasteiger partial charge in [0.1, 0.15) is 5.75 Å². The lowest BCUT2D eigenvalue weighted by Crippen LogP contribution is -2.31. The molecule has 2 N–H and O–H groups in total. The average Bonchev–Trinajstić information content (AvgIpc) is 2.97. The molecule has 1 fully saturated rings. The third-order valence-corrected chi connectivity index (χ3v) is 4.94. The quantitative estimate of drug-likeness (QED) is 0.811. The van der Waals surface area contributed by atoms with Gasteiger partial charge in [0.2, 0.25) is 0 Å². The van der Waals surface area contributed by atoms with Crippen LogP contribution in [-0.4, -0.2) is 17.2 Å². The Morgan fingerprint density at radius 3 is 2.95 bits per heavy atom. The highest BCUT2D eigenvalue weighted by Gasteiger charge is 2.31. The molecule has 22 heavy (non-hydrogen) atoms. The van der Waals surface area contributed by atoms with Crippen molar-refractivity contribution >= 4 is 16.8 Å². The zero-order valence-corrected chi connectivity index (χ0v) is 12.6. The summed E-state index contributed by atoms with van der Waals surface area (Å²) in [6, 6.07) is 13.0. The van der Waals surface area contributed by atoms with Crippen LogP contribution in [0.5, 0.6) is 5.75 Å². The van der Waals surface area contributed by atoms with E-state index >= 15 is 0 Å². The minimum absolute atomic E-state index is 0.352. The molecule has 0 bridgehead atoms. The van der Waals surface area contributed by atoms with Crippen molar-refractivity contribution in [2.75, 3.05) is 0 Å². The first-order valence-electron chi connectivity index (χ1n) is 8.13. The lowest BCUT2D eigenvalue weighted by atomic mass is 9.91. The van der Waals surface area contributed by atoms with E-state index in [9.17, 15) is 5.11 Å². The predicted molar refractivity (Wildman–Crippen MR) is 91.8 cm³/mol. The Balaban J connectivity index is 1.61. The number of aromatic hydroxyl groups is 1. The van der Waals surface area contributed by atoms with Crippen molar-refractivity contribution in [3.8, 4) is 5.75 Å². The highest BCUT2D eigenvalue weighted by Crippen LogP contribution is 2.31. The fourth-order valence-electron chi connectivity index (χ4n) is 3.79. The summed E-state index contributed by atoms with van der Waals surface area (Å²) in [5, 5.41) is 16.2. The Bertz CT molecular complexity index is 746. The number of hydrogen-bond acceptors (Lipinski definition) is 2. The summed E-state index contributed by atoms with van der Waals surface area (Å²) < 4.78 is 0. The summed E-state index contributed by atoms with van der Waals surface area (Å²) in [6.07, 6.45) is 12.6. The van der Waals surface area contributed by atoms with E-state index in [-0.39, 0.29) is 0 Å². The van der Waals surface area contributed by atoms with Gasteiger partial charge < -0.3 is 10.4 Å². The second-order valence-corrected chi connectivity index (χ2v) is 6.36. The van der Waals surface area contributed by atoms with Crippen LogP contribution >= 0.6 is 0 Å². The van der Waals surface area contributed by atoms with Gasteiger partial charge in [0.15, 0.2) is 0 Å². The molecule has 2 nitrogen and oxygen atoms in total. The van der Waals surface area contributed by atoms with Crippen LogP contribution in [0.1, 0.15) is 24.8 Å². The molecule has 0 radical (unpaired) electrons. The SMILES string of the molecule is Oc1ccc2ccccc2c1C=CC1CC2C=CCCC2N1. The first-order chi connectivity index (χ1) is 10.8. The molecule has 3 atom stereocenters. The first-order valence-corrected chi connectivity index (χ1v) is 8.13. The molecular formula is C20H21NO. The largest absolute Gasteiger partial charge is 0.507 e. The van der Waals surface area contributed by atoms with Crippen LogP contribution in [0, 0.1) is 5.92 Å². The maximum absolute atomic E-state index is 10.2. The number of rotatable bonds is 2. The van der Waals surface area contributed by atoms with Crippen LogP contribution in [0.4, 0.5) is 0 Å². The lowest BCUT2D eigenvalue weighted by Gasteiger charge is -2.19. The summed E-state index contributed by atoms with van der Waals surface area (Å²) in [5.74, 6) is 1.02. The molecule has 4 rings (SSSR count). The van der Waals surface area contributed by atoms with Gasteiger partial charge >= 0.3 is 0 Å². The summed E-state index contributed by atoms with van der Waals surface area (Å²) in [5.41, 5.74) is 0.922. The van der Waals surface area contributed by atoms with Gasteiger partial charge in [0, 0.05) is 17.6 Å². The fraction of sp³-hybridized carbons (Fsp3) is 0.300. The molecule has 2 aliphatic rings. The Kier molecular flexibility index (Phi) is 3.47. The van der Waals surface area contributed by atoms with Crippen LogP contribution in [0.15, 0.2) is 54.6 Å². The van der Waals surface area contributed by atoms with Gasteiger partial charge in [-0.3, -0.25) is 0 Å². The maximum atomic E-state index is 10.2. The maximum Gasteiger partial charge on any atom is 0.123 e. The Morgan fingerprint density at radius 2 is 2.05 bits per heavy atom. The van der Waals surface area contributed by atoms with Gasteiger partial charge in [-0.2, -0.15) is 0 Å². The normalized spacial score (nSPS) is 27.5. The van der Waals surface area contributed by atoms with Crippen molar-refractivity contribution < 1.29 is 5.11 Å². The van der Waals surface area contributed by atoms with E-state index in [1.54, 1.807) is 6.07 Å². The number of phenols is 1. The highest BCUT2D eigenvalue weighted by molar-refractivity contribution is 5.93. The molecule has 2 heteroatoms. The van der Waals surface area contributed by atoms with Crippen molar-refractivity contribution in [3.05, 3.63) is 60.2 Å². The monoisotopic (exact) mass is 291 g/mol. The molecule has 0 saturated carbocycles. The topological polar surface area (TPSA) is 32.3 Å². The third-order valence-electron chi connectivity index (χ3n) is 4.94. The standard InChI is InChI=1S/C20H21NO/c22-20-12-9-14-5-1-3-7-17(14)18(20)11-10-16-13-15-6-2-4-8-19(15)21-16/h1-3,5-7,9-12,15-16,19,21-22H,4,8,13H2. The molecular weight excluding hydrogens is 270 g/mol. The molecule has 3 unspecified atom stereocenters. The molecule has 2 aromatic carbocycles. The van der Waals surface area contributed by atoms with Crippen molar-refractivity contribution in [1.82, 2.24) is 5.32 Å². The van der Waals surface area contributed by atoms with Crippen molar-refractivity contribution in [3.63, 3.8) is 0 Å². The molecule has 1 saturated heterocycles. The molecule has 1 heterocycles. The summed E-state index contributed by atoms with van der Waals surface area (Å²) in [4.78, 5) is 0. The number of hydrogen-bond donors (Lipinski definition) is 2. The van der Waals surface area contributed by atoms with E-state index in [0.29, 0.717) is 23.8 Å².